The van der Waals surface area contributed by atoms with Gasteiger partial charge in [-0.1, -0.05) is 60.7 Å². The van der Waals surface area contributed by atoms with Crippen molar-refractivity contribution in [2.45, 2.75) is 25.9 Å². The normalized spacial score (nSPS) is 17.5. The highest BCUT2D eigenvalue weighted by Crippen LogP contribution is 2.26. The summed E-state index contributed by atoms with van der Waals surface area (Å²) in [6.07, 6.45) is 3.81. The van der Waals surface area contributed by atoms with E-state index in [-0.39, 0.29) is 5.92 Å². The summed E-state index contributed by atoms with van der Waals surface area (Å²) in [7, 11) is 0. The van der Waals surface area contributed by atoms with Crippen LogP contribution in [0.1, 0.15) is 24.0 Å². The number of hydrogen-bond acceptors (Lipinski definition) is 3. The van der Waals surface area contributed by atoms with Crippen molar-refractivity contribution in [3.63, 3.8) is 0 Å². The molecule has 1 fully saturated rings. The highest BCUT2D eigenvalue weighted by molar-refractivity contribution is 5.70. The maximum Gasteiger partial charge on any atom is 0.307 e. The summed E-state index contributed by atoms with van der Waals surface area (Å²) in [6, 6.07) is 20.5. The summed E-state index contributed by atoms with van der Waals surface area (Å²) in [5.41, 5.74) is 4.43. The van der Waals surface area contributed by atoms with Gasteiger partial charge in [0.2, 0.25) is 0 Å². The van der Waals surface area contributed by atoms with Gasteiger partial charge in [0, 0.05) is 30.4 Å². The molecule has 1 saturated heterocycles. The van der Waals surface area contributed by atoms with E-state index >= 15 is 0 Å². The molecule has 5 heteroatoms. The van der Waals surface area contributed by atoms with Gasteiger partial charge >= 0.3 is 5.97 Å². The number of carbonyl (C=O) groups is 1. The fraction of sp³-hybridized carbons (Fsp3) is 0.304. The lowest BCUT2D eigenvalue weighted by molar-refractivity contribution is -0.143. The Bertz CT molecular complexity index is 922. The van der Waals surface area contributed by atoms with Crippen LogP contribution in [0.15, 0.2) is 66.9 Å². The number of likely N-dealkylation sites (tertiary alicyclic amines) is 1. The molecule has 1 aliphatic rings. The van der Waals surface area contributed by atoms with Crippen LogP contribution in [0, 0.1) is 5.92 Å². The summed E-state index contributed by atoms with van der Waals surface area (Å²) in [4.78, 5) is 13.7. The van der Waals surface area contributed by atoms with E-state index in [4.69, 9.17) is 5.10 Å². The summed E-state index contributed by atoms with van der Waals surface area (Å²) in [6.45, 7) is 2.98. The third kappa shape index (κ3) is 4.31. The van der Waals surface area contributed by atoms with Crippen LogP contribution in [0.5, 0.6) is 0 Å². The maximum absolute atomic E-state index is 11.4. The molecule has 0 amide bonds. The number of hydrogen-bond donors (Lipinski definition) is 1. The molecule has 5 nitrogen and oxygen atoms in total. The van der Waals surface area contributed by atoms with Gasteiger partial charge in [-0.3, -0.25) is 14.4 Å². The summed E-state index contributed by atoms with van der Waals surface area (Å²) in [5, 5.41) is 14.2. The molecule has 3 aromatic rings. The molecule has 4 rings (SSSR count). The predicted octanol–water partition coefficient (Wildman–Crippen LogP) is 3.90. The van der Waals surface area contributed by atoms with E-state index < -0.39 is 5.97 Å². The van der Waals surface area contributed by atoms with Crippen molar-refractivity contribution < 1.29 is 9.90 Å². The number of piperidine rings is 1. The topological polar surface area (TPSA) is 58.4 Å². The van der Waals surface area contributed by atoms with Crippen molar-refractivity contribution in [3.05, 3.63) is 78.0 Å². The number of carboxylic acids is 1. The average molecular weight is 375 g/mol. The van der Waals surface area contributed by atoms with Gasteiger partial charge in [0.25, 0.3) is 0 Å². The van der Waals surface area contributed by atoms with Crippen LogP contribution in [-0.4, -0.2) is 38.8 Å². The molecule has 0 bridgehead atoms. The molecule has 0 spiro atoms. The van der Waals surface area contributed by atoms with Crippen LogP contribution in [0.4, 0.5) is 0 Å². The van der Waals surface area contributed by atoms with Crippen LogP contribution in [0.3, 0.4) is 0 Å². The lowest BCUT2D eigenvalue weighted by atomic mass is 9.97. The second kappa shape index (κ2) is 8.40. The van der Waals surface area contributed by atoms with Crippen LogP contribution < -0.4 is 0 Å². The minimum absolute atomic E-state index is 0.270. The number of carboxylic acid groups (broad SMARTS) is 1. The van der Waals surface area contributed by atoms with E-state index in [1.165, 1.54) is 5.56 Å². The summed E-state index contributed by atoms with van der Waals surface area (Å²) in [5.74, 6) is -0.957. The fourth-order valence-corrected chi connectivity index (χ4v) is 3.91. The Kier molecular flexibility index (Phi) is 5.53. The quantitative estimate of drug-likeness (QED) is 0.710. The zero-order valence-electron chi connectivity index (χ0n) is 15.9. The number of nitrogens with zero attached hydrogens (tertiary/aromatic N) is 3. The van der Waals surface area contributed by atoms with E-state index in [9.17, 15) is 9.90 Å². The van der Waals surface area contributed by atoms with Gasteiger partial charge in [-0.15, -0.1) is 0 Å². The average Bonchev–Trinajstić information content (AvgIpc) is 3.11. The minimum atomic E-state index is -0.687. The largest absolute Gasteiger partial charge is 0.481 e. The maximum atomic E-state index is 11.4. The zero-order valence-corrected chi connectivity index (χ0v) is 15.9. The Hall–Kier alpha value is -2.92. The predicted molar refractivity (Wildman–Crippen MR) is 109 cm³/mol. The molecule has 0 saturated carbocycles. The fourth-order valence-electron chi connectivity index (χ4n) is 3.91. The van der Waals surface area contributed by atoms with Gasteiger partial charge in [-0.25, -0.2) is 0 Å². The summed E-state index contributed by atoms with van der Waals surface area (Å²) < 4.78 is 1.99. The number of benzene rings is 2. The van der Waals surface area contributed by atoms with Crippen molar-refractivity contribution in [3.8, 4) is 11.3 Å². The molecule has 1 atom stereocenters. The first kappa shape index (κ1) is 18.4. The van der Waals surface area contributed by atoms with Crippen molar-refractivity contribution >= 4 is 5.97 Å². The van der Waals surface area contributed by atoms with Gasteiger partial charge in [-0.2, -0.15) is 5.10 Å². The molecule has 0 aliphatic carbocycles. The second-order valence-corrected chi connectivity index (χ2v) is 7.46. The highest BCUT2D eigenvalue weighted by atomic mass is 16.4. The van der Waals surface area contributed by atoms with Gasteiger partial charge < -0.3 is 5.11 Å². The molecule has 2 heterocycles. The van der Waals surface area contributed by atoms with Crippen molar-refractivity contribution in [2.24, 2.45) is 5.92 Å². The third-order valence-corrected chi connectivity index (χ3v) is 5.32. The van der Waals surface area contributed by atoms with E-state index in [0.717, 1.165) is 49.3 Å². The molecule has 28 heavy (non-hydrogen) atoms. The van der Waals surface area contributed by atoms with E-state index in [1.807, 2.05) is 41.1 Å². The first-order valence-electron chi connectivity index (χ1n) is 9.80. The van der Waals surface area contributed by atoms with Crippen molar-refractivity contribution in [1.29, 1.82) is 0 Å². The molecule has 1 unspecified atom stereocenters. The smallest absolute Gasteiger partial charge is 0.307 e. The molecular weight excluding hydrogens is 350 g/mol. The Labute approximate surface area is 165 Å². The molecule has 1 aromatic heterocycles. The zero-order chi connectivity index (χ0) is 19.3. The van der Waals surface area contributed by atoms with Gasteiger partial charge in [0.1, 0.15) is 0 Å². The monoisotopic (exact) mass is 375 g/mol. The first-order valence-corrected chi connectivity index (χ1v) is 9.80. The van der Waals surface area contributed by atoms with E-state index in [1.54, 1.807) is 0 Å². The first-order chi connectivity index (χ1) is 13.7. The lowest BCUT2D eigenvalue weighted by Crippen LogP contribution is -2.38. The molecule has 1 aliphatic heterocycles. The molecule has 1 N–H and O–H groups in total. The molecule has 144 valence electrons. The lowest BCUT2D eigenvalue weighted by Gasteiger charge is -2.30. The Morgan fingerprint density at radius 1 is 1.04 bits per heavy atom. The van der Waals surface area contributed by atoms with Crippen molar-refractivity contribution in [2.75, 3.05) is 13.1 Å². The minimum Gasteiger partial charge on any atom is -0.481 e. The Morgan fingerprint density at radius 2 is 1.75 bits per heavy atom. The van der Waals surface area contributed by atoms with Crippen molar-refractivity contribution in [1.82, 2.24) is 14.7 Å². The second-order valence-electron chi connectivity index (χ2n) is 7.46. The third-order valence-electron chi connectivity index (χ3n) is 5.32. The highest BCUT2D eigenvalue weighted by Gasteiger charge is 2.26. The van der Waals surface area contributed by atoms with Crippen LogP contribution in [0.2, 0.25) is 0 Å². The van der Waals surface area contributed by atoms with E-state index in [0.29, 0.717) is 6.54 Å². The van der Waals surface area contributed by atoms with Crippen LogP contribution in [-0.2, 0) is 17.9 Å². The summed E-state index contributed by atoms with van der Waals surface area (Å²) >= 11 is 0. The molecule has 0 radical (unpaired) electrons. The Balaban J connectivity index is 1.60. The number of aromatic nitrogens is 2. The van der Waals surface area contributed by atoms with Crippen LogP contribution in [0.25, 0.3) is 11.3 Å². The van der Waals surface area contributed by atoms with Gasteiger partial charge in [0.15, 0.2) is 0 Å². The number of aliphatic carboxylic acids is 1. The SMILES string of the molecule is O=C(O)C1CCCN(Cc2cn(Cc3ccccc3)nc2-c2ccccc2)C1. The molecule has 2 aromatic carbocycles. The van der Waals surface area contributed by atoms with E-state index in [2.05, 4.69) is 35.4 Å². The Morgan fingerprint density at radius 3 is 2.46 bits per heavy atom. The number of rotatable bonds is 6. The molecular formula is C23H25N3O2. The standard InChI is InChI=1S/C23H25N3O2/c27-23(28)20-12-7-13-25(15-20)16-21-17-26(14-18-8-3-1-4-9-18)24-22(21)19-10-5-2-6-11-19/h1-6,8-11,17,20H,7,12-16H2,(H,27,28). The van der Waals surface area contributed by atoms with Crippen LogP contribution >= 0.6 is 0 Å². The van der Waals surface area contributed by atoms with Gasteiger partial charge in [0.05, 0.1) is 18.2 Å². The van der Waals surface area contributed by atoms with Gasteiger partial charge in [-0.05, 0) is 24.9 Å².